The number of aromatic nitrogens is 1. The fraction of sp³-hybridized carbons (Fsp3) is 0.238. The molecule has 3 aromatic rings. The largest absolute Gasteiger partial charge is 0.482 e. The van der Waals surface area contributed by atoms with Gasteiger partial charge in [-0.2, -0.15) is 0 Å². The van der Waals surface area contributed by atoms with Gasteiger partial charge in [-0.05, 0) is 32.0 Å². The smallest absolute Gasteiger partial charge is 0.265 e. The predicted octanol–water partition coefficient (Wildman–Crippen LogP) is 3.72. The van der Waals surface area contributed by atoms with E-state index in [4.69, 9.17) is 4.74 Å². The van der Waals surface area contributed by atoms with Crippen LogP contribution in [0.25, 0.3) is 10.9 Å². The Bertz CT molecular complexity index is 1070. The molecule has 2 heterocycles. The number of hydrogen-bond acceptors (Lipinski definition) is 3. The maximum Gasteiger partial charge on any atom is 0.265 e. The number of amides is 1. The molecule has 138 valence electrons. The SMILES string of the molecule is CCn1c(C)c(C(=O)CN2C(=O)COc3ccc(F)cc32)c2ccccc21. The Hall–Kier alpha value is -3.15. The maximum atomic E-state index is 13.7. The lowest BCUT2D eigenvalue weighted by Crippen LogP contribution is -2.42. The van der Waals surface area contributed by atoms with Gasteiger partial charge in [0.1, 0.15) is 11.6 Å². The van der Waals surface area contributed by atoms with E-state index in [1.54, 1.807) is 0 Å². The van der Waals surface area contributed by atoms with E-state index < -0.39 is 5.82 Å². The molecule has 2 aromatic carbocycles. The van der Waals surface area contributed by atoms with Crippen LogP contribution >= 0.6 is 0 Å². The van der Waals surface area contributed by atoms with E-state index in [0.717, 1.165) is 23.1 Å². The number of carbonyl (C=O) groups is 2. The van der Waals surface area contributed by atoms with Crippen LogP contribution in [-0.2, 0) is 11.3 Å². The molecule has 0 spiro atoms. The topological polar surface area (TPSA) is 51.5 Å². The van der Waals surface area contributed by atoms with Crippen LogP contribution in [-0.4, -0.2) is 29.4 Å². The van der Waals surface area contributed by atoms with Gasteiger partial charge in [0.25, 0.3) is 5.91 Å². The molecule has 0 radical (unpaired) electrons. The molecule has 0 atom stereocenters. The highest BCUT2D eigenvalue weighted by Gasteiger charge is 2.29. The Labute approximate surface area is 156 Å². The van der Waals surface area contributed by atoms with E-state index in [1.165, 1.54) is 23.1 Å². The fourth-order valence-corrected chi connectivity index (χ4v) is 3.76. The van der Waals surface area contributed by atoms with Crippen LogP contribution in [0.4, 0.5) is 10.1 Å². The standard InChI is InChI=1S/C21H19FN2O3/c1-3-23-13(2)21(15-6-4-5-7-16(15)23)18(25)11-24-17-10-14(22)8-9-19(17)27-12-20(24)26/h4-10H,3,11-12H2,1-2H3. The molecule has 0 saturated heterocycles. The number of Topliss-reactive ketones (excluding diaryl/α,β-unsaturated/α-hetero) is 1. The first-order valence-corrected chi connectivity index (χ1v) is 8.85. The van der Waals surface area contributed by atoms with Crippen LogP contribution in [0.5, 0.6) is 5.75 Å². The second-order valence-corrected chi connectivity index (χ2v) is 6.53. The number of nitrogens with zero attached hydrogens (tertiary/aromatic N) is 2. The van der Waals surface area contributed by atoms with Crippen LogP contribution in [0.1, 0.15) is 23.0 Å². The van der Waals surface area contributed by atoms with Crippen molar-refractivity contribution in [3.8, 4) is 5.75 Å². The Balaban J connectivity index is 1.76. The molecule has 1 amide bonds. The van der Waals surface area contributed by atoms with Crippen molar-refractivity contribution in [2.75, 3.05) is 18.1 Å². The van der Waals surface area contributed by atoms with Gasteiger partial charge in [-0.25, -0.2) is 4.39 Å². The van der Waals surface area contributed by atoms with Gasteiger partial charge in [-0.1, -0.05) is 18.2 Å². The van der Waals surface area contributed by atoms with E-state index in [9.17, 15) is 14.0 Å². The lowest BCUT2D eigenvalue weighted by atomic mass is 10.1. The summed E-state index contributed by atoms with van der Waals surface area (Å²) in [7, 11) is 0. The monoisotopic (exact) mass is 366 g/mol. The number of aryl methyl sites for hydroxylation is 1. The summed E-state index contributed by atoms with van der Waals surface area (Å²) in [5.74, 6) is -0.625. The van der Waals surface area contributed by atoms with Gasteiger partial charge in [0.2, 0.25) is 0 Å². The first-order valence-electron chi connectivity index (χ1n) is 8.85. The lowest BCUT2D eigenvalue weighted by molar-refractivity contribution is -0.121. The number of benzene rings is 2. The summed E-state index contributed by atoms with van der Waals surface area (Å²) in [4.78, 5) is 26.8. The van der Waals surface area contributed by atoms with Gasteiger partial charge in [-0.3, -0.25) is 14.5 Å². The third kappa shape index (κ3) is 2.77. The first kappa shape index (κ1) is 17.3. The van der Waals surface area contributed by atoms with E-state index in [1.807, 2.05) is 38.1 Å². The van der Waals surface area contributed by atoms with E-state index in [2.05, 4.69) is 4.57 Å². The Morgan fingerprint density at radius 1 is 1.22 bits per heavy atom. The van der Waals surface area contributed by atoms with Crippen LogP contribution < -0.4 is 9.64 Å². The molecular formula is C21H19FN2O3. The normalized spacial score (nSPS) is 13.6. The molecule has 0 bridgehead atoms. The number of anilines is 1. The number of halogens is 1. The number of fused-ring (bicyclic) bond motifs is 2. The van der Waals surface area contributed by atoms with Crippen molar-refractivity contribution in [3.63, 3.8) is 0 Å². The number of rotatable bonds is 4. The summed E-state index contributed by atoms with van der Waals surface area (Å²) in [5.41, 5.74) is 2.74. The second kappa shape index (κ2) is 6.54. The van der Waals surface area contributed by atoms with E-state index >= 15 is 0 Å². The van der Waals surface area contributed by atoms with Crippen molar-refractivity contribution in [3.05, 3.63) is 59.5 Å². The average Bonchev–Trinajstić information content (AvgIpc) is 2.95. The zero-order chi connectivity index (χ0) is 19.1. The Kier molecular flexibility index (Phi) is 4.18. The maximum absolute atomic E-state index is 13.7. The summed E-state index contributed by atoms with van der Waals surface area (Å²) in [6.45, 7) is 4.35. The highest BCUT2D eigenvalue weighted by Crippen LogP contribution is 2.33. The quantitative estimate of drug-likeness (QED) is 0.662. The summed E-state index contributed by atoms with van der Waals surface area (Å²) in [6, 6.07) is 11.7. The summed E-state index contributed by atoms with van der Waals surface area (Å²) in [5, 5.41) is 0.863. The zero-order valence-electron chi connectivity index (χ0n) is 15.2. The van der Waals surface area contributed by atoms with Crippen molar-refractivity contribution >= 4 is 28.3 Å². The molecule has 4 rings (SSSR count). The van der Waals surface area contributed by atoms with Gasteiger partial charge in [0.15, 0.2) is 12.4 Å². The van der Waals surface area contributed by atoms with Crippen molar-refractivity contribution in [2.24, 2.45) is 0 Å². The van der Waals surface area contributed by atoms with E-state index in [-0.39, 0.29) is 30.5 Å². The van der Waals surface area contributed by atoms with Crippen LogP contribution in [0, 0.1) is 12.7 Å². The Morgan fingerprint density at radius 3 is 2.78 bits per heavy atom. The molecule has 0 fully saturated rings. The summed E-state index contributed by atoms with van der Waals surface area (Å²) >= 11 is 0. The molecule has 1 aliphatic heterocycles. The van der Waals surface area contributed by atoms with Crippen LogP contribution in [0.3, 0.4) is 0 Å². The third-order valence-electron chi connectivity index (χ3n) is 4.99. The fourth-order valence-electron chi connectivity index (χ4n) is 3.76. The van der Waals surface area contributed by atoms with Crippen molar-refractivity contribution in [1.82, 2.24) is 4.57 Å². The average molecular weight is 366 g/mol. The van der Waals surface area contributed by atoms with Gasteiger partial charge in [0, 0.05) is 34.8 Å². The Morgan fingerprint density at radius 2 is 2.00 bits per heavy atom. The van der Waals surface area contributed by atoms with Gasteiger partial charge in [-0.15, -0.1) is 0 Å². The van der Waals surface area contributed by atoms with Crippen LogP contribution in [0.15, 0.2) is 42.5 Å². The van der Waals surface area contributed by atoms with Crippen LogP contribution in [0.2, 0.25) is 0 Å². The van der Waals surface area contributed by atoms with Gasteiger partial charge in [0.05, 0.1) is 12.2 Å². The number of ketones is 1. The molecule has 1 aromatic heterocycles. The molecule has 0 aliphatic carbocycles. The number of hydrogen-bond donors (Lipinski definition) is 0. The van der Waals surface area contributed by atoms with Gasteiger partial charge < -0.3 is 9.30 Å². The minimum Gasteiger partial charge on any atom is -0.482 e. The molecule has 5 nitrogen and oxygen atoms in total. The first-order chi connectivity index (χ1) is 13.0. The molecule has 6 heteroatoms. The second-order valence-electron chi connectivity index (χ2n) is 6.53. The predicted molar refractivity (Wildman–Crippen MR) is 101 cm³/mol. The zero-order valence-corrected chi connectivity index (χ0v) is 15.2. The minimum absolute atomic E-state index is 0.156. The molecule has 0 saturated carbocycles. The minimum atomic E-state index is -0.483. The summed E-state index contributed by atoms with van der Waals surface area (Å²) < 4.78 is 21.1. The number of ether oxygens (including phenoxy) is 1. The van der Waals surface area contributed by atoms with Gasteiger partial charge >= 0.3 is 0 Å². The highest BCUT2D eigenvalue weighted by molar-refractivity contribution is 6.14. The highest BCUT2D eigenvalue weighted by atomic mass is 19.1. The van der Waals surface area contributed by atoms with Crippen molar-refractivity contribution in [1.29, 1.82) is 0 Å². The lowest BCUT2D eigenvalue weighted by Gasteiger charge is -2.28. The van der Waals surface area contributed by atoms with E-state index in [0.29, 0.717) is 11.3 Å². The molecule has 27 heavy (non-hydrogen) atoms. The number of carbonyl (C=O) groups excluding carboxylic acids is 2. The molecule has 1 aliphatic rings. The third-order valence-corrected chi connectivity index (χ3v) is 4.99. The summed E-state index contributed by atoms with van der Waals surface area (Å²) in [6.07, 6.45) is 0. The number of para-hydroxylation sites is 1. The molecule has 0 N–H and O–H groups in total. The molecular weight excluding hydrogens is 347 g/mol. The molecule has 0 unspecified atom stereocenters. The van der Waals surface area contributed by atoms with Crippen molar-refractivity contribution in [2.45, 2.75) is 20.4 Å². The van der Waals surface area contributed by atoms with Crippen molar-refractivity contribution < 1.29 is 18.7 Å².